The predicted octanol–water partition coefficient (Wildman–Crippen LogP) is 2.74. The van der Waals surface area contributed by atoms with Crippen molar-refractivity contribution in [3.05, 3.63) is 35.6 Å². The summed E-state index contributed by atoms with van der Waals surface area (Å²) in [5.74, 6) is -0.316. The molecule has 0 aliphatic heterocycles. The van der Waals surface area contributed by atoms with Gasteiger partial charge >= 0.3 is 6.09 Å². The lowest BCUT2D eigenvalue weighted by Gasteiger charge is -2.25. The molecule has 2 atom stereocenters. The highest BCUT2D eigenvalue weighted by atomic mass is 19.1. The summed E-state index contributed by atoms with van der Waals surface area (Å²) in [4.78, 5) is 11.6. The molecule has 1 rings (SSSR count). The fourth-order valence-electron chi connectivity index (χ4n) is 1.56. The Kier molecular flexibility index (Phi) is 4.89. The molecule has 0 bridgehead atoms. The Hall–Kier alpha value is -1.62. The van der Waals surface area contributed by atoms with E-state index >= 15 is 0 Å². The van der Waals surface area contributed by atoms with Crippen LogP contribution in [0.5, 0.6) is 0 Å². The number of nitrogens with two attached hydrogens (primary N) is 1. The third-order valence-corrected chi connectivity index (χ3v) is 2.54. The Labute approximate surface area is 113 Å². The van der Waals surface area contributed by atoms with E-state index in [-0.39, 0.29) is 11.9 Å². The predicted molar refractivity (Wildman–Crippen MR) is 72.2 cm³/mol. The fraction of sp³-hybridized carbons (Fsp3) is 0.500. The van der Waals surface area contributed by atoms with Crippen LogP contribution in [0.4, 0.5) is 9.18 Å². The molecule has 3 N–H and O–H groups in total. The molecule has 5 heteroatoms. The molecule has 0 aliphatic rings. The molecule has 19 heavy (non-hydrogen) atoms. The van der Waals surface area contributed by atoms with Gasteiger partial charge in [-0.05, 0) is 45.4 Å². The van der Waals surface area contributed by atoms with Crippen LogP contribution in [0.25, 0.3) is 0 Å². The van der Waals surface area contributed by atoms with Gasteiger partial charge in [0, 0.05) is 12.1 Å². The zero-order chi connectivity index (χ0) is 14.6. The summed E-state index contributed by atoms with van der Waals surface area (Å²) in [6.07, 6.45) is -0.516. The lowest BCUT2D eigenvalue weighted by atomic mass is 10.0. The minimum Gasteiger partial charge on any atom is -0.444 e. The zero-order valence-electron chi connectivity index (χ0n) is 11.7. The molecule has 106 valence electrons. The van der Waals surface area contributed by atoms with E-state index in [2.05, 4.69) is 5.32 Å². The quantitative estimate of drug-likeness (QED) is 0.886. The smallest absolute Gasteiger partial charge is 0.407 e. The van der Waals surface area contributed by atoms with E-state index in [1.165, 1.54) is 12.1 Å². The number of hydrogen-bond donors (Lipinski definition) is 2. The maximum Gasteiger partial charge on any atom is 0.407 e. The molecule has 0 saturated heterocycles. The van der Waals surface area contributed by atoms with Crippen LogP contribution in [0.2, 0.25) is 0 Å². The van der Waals surface area contributed by atoms with Crippen molar-refractivity contribution in [3.8, 4) is 0 Å². The van der Waals surface area contributed by atoms with Gasteiger partial charge in [0.25, 0.3) is 0 Å². The number of carbonyl (C=O) groups is 1. The standard InChI is InChI=1S/C14H21FN2O2/c1-9(17-13(18)19-14(2,3)4)12(16)10-5-7-11(15)8-6-10/h5-9,12H,16H2,1-4H3,(H,17,18)/t9-,12-/m0/s1. The average Bonchev–Trinajstić information content (AvgIpc) is 2.26. The molecule has 0 aliphatic carbocycles. The van der Waals surface area contributed by atoms with Gasteiger partial charge in [-0.15, -0.1) is 0 Å². The largest absolute Gasteiger partial charge is 0.444 e. The lowest BCUT2D eigenvalue weighted by Crippen LogP contribution is -2.43. The zero-order valence-corrected chi connectivity index (χ0v) is 11.7. The Bertz CT molecular complexity index is 426. The van der Waals surface area contributed by atoms with Crippen LogP contribution < -0.4 is 11.1 Å². The number of alkyl carbamates (subject to hydrolysis) is 1. The number of benzene rings is 1. The first-order valence-electron chi connectivity index (χ1n) is 6.19. The molecule has 0 unspecified atom stereocenters. The topological polar surface area (TPSA) is 64.3 Å². The SMILES string of the molecule is C[C@H](NC(=O)OC(C)(C)C)[C@H](N)c1ccc(F)cc1. The first-order chi connectivity index (χ1) is 8.69. The van der Waals surface area contributed by atoms with E-state index in [9.17, 15) is 9.18 Å². The van der Waals surface area contributed by atoms with Crippen LogP contribution in [-0.2, 0) is 4.74 Å². The highest BCUT2D eigenvalue weighted by Gasteiger charge is 2.21. The molecule has 0 aromatic heterocycles. The Morgan fingerprint density at radius 1 is 1.32 bits per heavy atom. The number of rotatable bonds is 3. The Balaban J connectivity index is 2.60. The van der Waals surface area contributed by atoms with Crippen LogP contribution in [-0.4, -0.2) is 17.7 Å². The van der Waals surface area contributed by atoms with Gasteiger partial charge in [-0.3, -0.25) is 0 Å². The molecule has 0 radical (unpaired) electrons. The number of halogens is 1. The third-order valence-electron chi connectivity index (χ3n) is 2.54. The van der Waals surface area contributed by atoms with E-state index in [0.717, 1.165) is 5.56 Å². The molecule has 1 amide bonds. The Morgan fingerprint density at radius 2 is 1.84 bits per heavy atom. The molecular formula is C14H21FN2O2. The van der Waals surface area contributed by atoms with Gasteiger partial charge in [0.1, 0.15) is 11.4 Å². The van der Waals surface area contributed by atoms with Gasteiger partial charge < -0.3 is 15.8 Å². The molecule has 0 saturated carbocycles. The van der Waals surface area contributed by atoms with Crippen molar-refractivity contribution in [3.63, 3.8) is 0 Å². The molecule has 1 aromatic carbocycles. The molecule has 4 nitrogen and oxygen atoms in total. The molecule has 0 heterocycles. The Morgan fingerprint density at radius 3 is 2.32 bits per heavy atom. The summed E-state index contributed by atoms with van der Waals surface area (Å²) in [5, 5.41) is 2.67. The summed E-state index contributed by atoms with van der Waals surface area (Å²) >= 11 is 0. The maximum atomic E-state index is 12.8. The monoisotopic (exact) mass is 268 g/mol. The van der Waals surface area contributed by atoms with Crippen molar-refractivity contribution in [1.29, 1.82) is 0 Å². The van der Waals surface area contributed by atoms with E-state index in [1.54, 1.807) is 39.8 Å². The summed E-state index contributed by atoms with van der Waals surface area (Å²) in [6, 6.07) is 5.15. The van der Waals surface area contributed by atoms with E-state index < -0.39 is 17.7 Å². The third kappa shape index (κ3) is 5.26. The summed E-state index contributed by atoms with van der Waals surface area (Å²) in [7, 11) is 0. The highest BCUT2D eigenvalue weighted by molar-refractivity contribution is 5.68. The van der Waals surface area contributed by atoms with Crippen LogP contribution in [0.15, 0.2) is 24.3 Å². The first kappa shape index (κ1) is 15.4. The minimum atomic E-state index is -0.552. The first-order valence-corrected chi connectivity index (χ1v) is 6.19. The van der Waals surface area contributed by atoms with Gasteiger partial charge in [0.05, 0.1) is 0 Å². The van der Waals surface area contributed by atoms with Crippen molar-refractivity contribution in [1.82, 2.24) is 5.32 Å². The number of ether oxygens (including phenoxy) is 1. The van der Waals surface area contributed by atoms with Crippen LogP contribution >= 0.6 is 0 Å². The van der Waals surface area contributed by atoms with Crippen LogP contribution in [0, 0.1) is 5.82 Å². The van der Waals surface area contributed by atoms with Crippen molar-refractivity contribution in [2.24, 2.45) is 5.73 Å². The lowest BCUT2D eigenvalue weighted by molar-refractivity contribution is 0.0501. The van der Waals surface area contributed by atoms with Crippen molar-refractivity contribution >= 4 is 6.09 Å². The minimum absolute atomic E-state index is 0.316. The van der Waals surface area contributed by atoms with Gasteiger partial charge in [-0.25, -0.2) is 9.18 Å². The van der Waals surface area contributed by atoms with Crippen molar-refractivity contribution in [2.75, 3.05) is 0 Å². The molecule has 1 aromatic rings. The van der Waals surface area contributed by atoms with Crippen molar-refractivity contribution in [2.45, 2.75) is 45.4 Å². The second-order valence-electron chi connectivity index (χ2n) is 5.51. The van der Waals surface area contributed by atoms with Crippen LogP contribution in [0.3, 0.4) is 0 Å². The van der Waals surface area contributed by atoms with Gasteiger partial charge in [-0.2, -0.15) is 0 Å². The molecular weight excluding hydrogens is 247 g/mol. The van der Waals surface area contributed by atoms with Gasteiger partial charge in [0.2, 0.25) is 0 Å². The fourth-order valence-corrected chi connectivity index (χ4v) is 1.56. The number of nitrogens with one attached hydrogen (secondary N) is 1. The number of hydrogen-bond acceptors (Lipinski definition) is 3. The number of carbonyl (C=O) groups excluding carboxylic acids is 1. The molecule has 0 fully saturated rings. The second-order valence-corrected chi connectivity index (χ2v) is 5.51. The highest BCUT2D eigenvalue weighted by Crippen LogP contribution is 2.15. The van der Waals surface area contributed by atoms with Crippen molar-refractivity contribution < 1.29 is 13.9 Å². The van der Waals surface area contributed by atoms with E-state index in [4.69, 9.17) is 10.5 Å². The van der Waals surface area contributed by atoms with Gasteiger partial charge in [0.15, 0.2) is 0 Å². The number of amides is 1. The maximum absolute atomic E-state index is 12.8. The summed E-state index contributed by atoms with van der Waals surface area (Å²) < 4.78 is 18.0. The normalized spacial score (nSPS) is 14.6. The van der Waals surface area contributed by atoms with Gasteiger partial charge in [-0.1, -0.05) is 12.1 Å². The van der Waals surface area contributed by atoms with Crippen LogP contribution in [0.1, 0.15) is 39.3 Å². The van der Waals surface area contributed by atoms with E-state index in [0.29, 0.717) is 0 Å². The average molecular weight is 268 g/mol. The summed E-state index contributed by atoms with van der Waals surface area (Å²) in [6.45, 7) is 7.14. The molecule has 0 spiro atoms. The second kappa shape index (κ2) is 6.02. The summed E-state index contributed by atoms with van der Waals surface area (Å²) in [5.41, 5.74) is 6.21. The van der Waals surface area contributed by atoms with E-state index in [1.807, 2.05) is 0 Å².